The zero-order valence-corrected chi connectivity index (χ0v) is 9.49. The summed E-state index contributed by atoms with van der Waals surface area (Å²) >= 11 is 3.78. The van der Waals surface area contributed by atoms with Crippen LogP contribution in [0.4, 0.5) is 8.78 Å². The minimum atomic E-state index is -2.77. The highest BCUT2D eigenvalue weighted by molar-refractivity contribution is 9.11. The lowest BCUT2D eigenvalue weighted by Crippen LogP contribution is -2.05. The number of nitrogens with zero attached hydrogens (tertiary/aromatic N) is 1. The molecule has 0 saturated heterocycles. The molecule has 0 unspecified atom stereocenters. The number of halogens is 3. The predicted molar refractivity (Wildman–Crippen MR) is 50.7 cm³/mol. The highest BCUT2D eigenvalue weighted by Gasteiger charge is 2.24. The van der Waals surface area contributed by atoms with E-state index in [0.29, 0.717) is 0 Å². The van der Waals surface area contributed by atoms with Gasteiger partial charge in [0.25, 0.3) is 6.43 Å². The second-order valence-corrected chi connectivity index (χ2v) is 4.48. The molecule has 1 rings (SSSR count). The van der Waals surface area contributed by atoms with Gasteiger partial charge in [0.05, 0.1) is 6.61 Å². The van der Waals surface area contributed by atoms with E-state index in [9.17, 15) is 13.6 Å². The van der Waals surface area contributed by atoms with E-state index in [-0.39, 0.29) is 15.4 Å². The molecule has 0 aliphatic rings. The molecule has 0 radical (unpaired) electrons. The van der Waals surface area contributed by atoms with Crippen molar-refractivity contribution in [1.29, 1.82) is 0 Å². The molecule has 0 atom stereocenters. The van der Waals surface area contributed by atoms with Crippen molar-refractivity contribution in [3.05, 3.63) is 14.5 Å². The fourth-order valence-electron chi connectivity index (χ4n) is 0.796. The normalized spacial score (nSPS) is 10.6. The Kier molecular flexibility index (Phi) is 3.94. The van der Waals surface area contributed by atoms with Crippen LogP contribution in [0.5, 0.6) is 0 Å². The van der Waals surface area contributed by atoms with Crippen LogP contribution in [-0.2, 0) is 4.74 Å². The van der Waals surface area contributed by atoms with Crippen LogP contribution in [-0.4, -0.2) is 17.6 Å². The molecule has 0 aliphatic heterocycles. The second-order valence-electron chi connectivity index (χ2n) is 2.20. The minimum Gasteiger partial charge on any atom is -0.462 e. The monoisotopic (exact) mass is 285 g/mol. The van der Waals surface area contributed by atoms with Gasteiger partial charge in [0, 0.05) is 0 Å². The molecular weight excluding hydrogens is 280 g/mol. The SMILES string of the molecule is CCOC(=O)c1sc(Br)nc1C(F)F. The minimum absolute atomic E-state index is 0.145. The highest BCUT2D eigenvalue weighted by atomic mass is 79.9. The maximum absolute atomic E-state index is 12.4. The van der Waals surface area contributed by atoms with Gasteiger partial charge in [0.1, 0.15) is 10.6 Å². The molecule has 7 heteroatoms. The Balaban J connectivity index is 3.00. The van der Waals surface area contributed by atoms with E-state index in [1.54, 1.807) is 6.92 Å². The number of ether oxygens (including phenoxy) is 1. The van der Waals surface area contributed by atoms with Crippen LogP contribution in [0.1, 0.15) is 28.7 Å². The number of alkyl halides is 2. The molecule has 1 aromatic rings. The van der Waals surface area contributed by atoms with Crippen molar-refractivity contribution in [2.24, 2.45) is 0 Å². The van der Waals surface area contributed by atoms with E-state index >= 15 is 0 Å². The molecule has 1 aromatic heterocycles. The number of rotatable bonds is 3. The van der Waals surface area contributed by atoms with Gasteiger partial charge in [-0.3, -0.25) is 0 Å². The topological polar surface area (TPSA) is 39.2 Å². The van der Waals surface area contributed by atoms with E-state index in [2.05, 4.69) is 25.7 Å². The first-order chi connectivity index (χ1) is 6.56. The molecule has 0 aliphatic carbocycles. The molecule has 0 saturated carbocycles. The largest absolute Gasteiger partial charge is 0.462 e. The summed E-state index contributed by atoms with van der Waals surface area (Å²) in [5, 5.41) is 0. The fraction of sp³-hybridized carbons (Fsp3) is 0.429. The van der Waals surface area contributed by atoms with Crippen molar-refractivity contribution < 1.29 is 18.3 Å². The number of hydrogen-bond donors (Lipinski definition) is 0. The standard InChI is InChI=1S/C7H6BrF2NO2S/c1-2-13-6(12)4-3(5(9)10)11-7(8)14-4/h5H,2H2,1H3. The van der Waals surface area contributed by atoms with Gasteiger partial charge in [-0.1, -0.05) is 11.3 Å². The first-order valence-corrected chi connectivity index (χ1v) is 5.28. The Labute approximate surface area is 91.2 Å². The van der Waals surface area contributed by atoms with E-state index in [1.807, 2.05) is 0 Å². The summed E-state index contributed by atoms with van der Waals surface area (Å²) in [5.41, 5.74) is -0.527. The lowest BCUT2D eigenvalue weighted by molar-refractivity contribution is 0.0520. The Bertz CT molecular complexity index is 342. The molecule has 14 heavy (non-hydrogen) atoms. The van der Waals surface area contributed by atoms with Gasteiger partial charge in [-0.2, -0.15) is 0 Å². The molecule has 0 bridgehead atoms. The zero-order chi connectivity index (χ0) is 10.7. The van der Waals surface area contributed by atoms with Crippen molar-refractivity contribution in [3.63, 3.8) is 0 Å². The van der Waals surface area contributed by atoms with Gasteiger partial charge in [-0.15, -0.1) is 0 Å². The van der Waals surface area contributed by atoms with E-state index in [1.165, 1.54) is 0 Å². The van der Waals surface area contributed by atoms with Crippen molar-refractivity contribution >= 4 is 33.2 Å². The first-order valence-electron chi connectivity index (χ1n) is 3.67. The van der Waals surface area contributed by atoms with Crippen molar-refractivity contribution in [3.8, 4) is 0 Å². The summed E-state index contributed by atoms with van der Waals surface area (Å²) in [6.45, 7) is 1.76. The second kappa shape index (κ2) is 4.79. The number of aromatic nitrogens is 1. The third kappa shape index (κ3) is 2.48. The number of esters is 1. The van der Waals surface area contributed by atoms with E-state index in [0.717, 1.165) is 11.3 Å². The van der Waals surface area contributed by atoms with Gasteiger partial charge < -0.3 is 4.74 Å². The predicted octanol–water partition coefficient (Wildman–Crippen LogP) is 3.02. The third-order valence-corrected chi connectivity index (χ3v) is 2.80. The summed E-state index contributed by atoms with van der Waals surface area (Å²) in [6.07, 6.45) is -2.77. The average Bonchev–Trinajstić information content (AvgIpc) is 2.48. The van der Waals surface area contributed by atoms with Crippen molar-refractivity contribution in [2.75, 3.05) is 6.61 Å². The summed E-state index contributed by atoms with van der Waals surface area (Å²) in [4.78, 5) is 14.5. The quantitative estimate of drug-likeness (QED) is 0.802. The number of thiazole rings is 1. The van der Waals surface area contributed by atoms with E-state index in [4.69, 9.17) is 0 Å². The Hall–Kier alpha value is -0.560. The zero-order valence-electron chi connectivity index (χ0n) is 7.09. The Morgan fingerprint density at radius 2 is 2.36 bits per heavy atom. The Morgan fingerprint density at radius 3 is 2.86 bits per heavy atom. The highest BCUT2D eigenvalue weighted by Crippen LogP contribution is 2.30. The van der Waals surface area contributed by atoms with Gasteiger partial charge in [0.15, 0.2) is 3.92 Å². The molecule has 0 spiro atoms. The third-order valence-electron chi connectivity index (χ3n) is 1.29. The molecule has 78 valence electrons. The molecule has 0 fully saturated rings. The van der Waals surface area contributed by atoms with Gasteiger partial charge in [0.2, 0.25) is 0 Å². The van der Waals surface area contributed by atoms with Crippen molar-refractivity contribution in [1.82, 2.24) is 4.98 Å². The van der Waals surface area contributed by atoms with Crippen LogP contribution in [0.2, 0.25) is 0 Å². The van der Waals surface area contributed by atoms with Gasteiger partial charge >= 0.3 is 5.97 Å². The smallest absolute Gasteiger partial charge is 0.350 e. The van der Waals surface area contributed by atoms with E-state index < -0.39 is 18.1 Å². The van der Waals surface area contributed by atoms with Crippen LogP contribution < -0.4 is 0 Å². The lowest BCUT2D eigenvalue weighted by Gasteiger charge is -2.00. The maximum Gasteiger partial charge on any atom is 0.350 e. The summed E-state index contributed by atoms with van der Waals surface area (Å²) in [5.74, 6) is -0.758. The summed E-state index contributed by atoms with van der Waals surface area (Å²) in [7, 11) is 0. The molecule has 0 amide bonds. The average molecular weight is 286 g/mol. The molecule has 3 nitrogen and oxygen atoms in total. The van der Waals surface area contributed by atoms with Gasteiger partial charge in [-0.05, 0) is 22.9 Å². The molecule has 0 aromatic carbocycles. The van der Waals surface area contributed by atoms with Crippen molar-refractivity contribution in [2.45, 2.75) is 13.3 Å². The van der Waals surface area contributed by atoms with Crippen LogP contribution in [0.25, 0.3) is 0 Å². The van der Waals surface area contributed by atoms with Crippen LogP contribution in [0, 0.1) is 0 Å². The maximum atomic E-state index is 12.4. The Morgan fingerprint density at radius 1 is 1.71 bits per heavy atom. The van der Waals surface area contributed by atoms with Crippen LogP contribution in [0.15, 0.2) is 3.92 Å². The van der Waals surface area contributed by atoms with Crippen LogP contribution >= 0.6 is 27.3 Å². The number of carbonyl (C=O) groups excluding carboxylic acids is 1. The fourth-order valence-corrected chi connectivity index (χ4v) is 2.17. The first kappa shape index (κ1) is 11.5. The van der Waals surface area contributed by atoms with Crippen LogP contribution in [0.3, 0.4) is 0 Å². The number of hydrogen-bond acceptors (Lipinski definition) is 4. The lowest BCUT2D eigenvalue weighted by atomic mass is 10.4. The summed E-state index contributed by atoms with van der Waals surface area (Å²) in [6, 6.07) is 0. The summed E-state index contributed by atoms with van der Waals surface area (Å²) < 4.78 is 29.6. The molecule has 0 N–H and O–H groups in total. The van der Waals surface area contributed by atoms with Gasteiger partial charge in [-0.25, -0.2) is 18.6 Å². The molecule has 1 heterocycles. The number of carbonyl (C=O) groups is 1. The molecular formula is C7H6BrF2NO2S.